The third-order valence-corrected chi connectivity index (χ3v) is 5.96. The van der Waals surface area contributed by atoms with Gasteiger partial charge >= 0.3 is 0 Å². The summed E-state index contributed by atoms with van der Waals surface area (Å²) in [6, 6.07) is -0.663. The average Bonchev–Trinajstić information content (AvgIpc) is 2.88. The molecule has 1 saturated carbocycles. The zero-order chi connectivity index (χ0) is 14.0. The number of carbonyl (C=O) groups excluding carboxylic acids is 2. The molecule has 2 amide bonds. The zero-order valence-corrected chi connectivity index (χ0v) is 12.9. The Bertz CT molecular complexity index is 366. The number of nitrogens with zero attached hydrogens (tertiary/aromatic N) is 1. The summed E-state index contributed by atoms with van der Waals surface area (Å²) in [5.41, 5.74) is 0. The standard InChI is InChI=1S/C14H24N2O2S/c1-4-11-13(18)16(10(2)12(17)15-11)9-14(19-3)7-5-6-8-14/h10-11H,4-9H2,1-3H3,(H,15,17). The molecule has 0 radical (unpaired) electrons. The lowest BCUT2D eigenvalue weighted by molar-refractivity contribution is -0.149. The van der Waals surface area contributed by atoms with E-state index in [0.29, 0.717) is 6.42 Å². The number of hydrogen-bond donors (Lipinski definition) is 1. The fourth-order valence-corrected chi connectivity index (χ4v) is 4.10. The van der Waals surface area contributed by atoms with Crippen LogP contribution in [-0.2, 0) is 9.59 Å². The first-order valence-corrected chi connectivity index (χ1v) is 8.41. The third-order valence-electron chi connectivity index (χ3n) is 4.56. The minimum absolute atomic E-state index is 0.0132. The van der Waals surface area contributed by atoms with Crippen LogP contribution in [-0.4, -0.2) is 46.3 Å². The first-order chi connectivity index (χ1) is 9.03. The molecule has 4 nitrogen and oxygen atoms in total. The van der Waals surface area contributed by atoms with Gasteiger partial charge in [0.1, 0.15) is 12.1 Å². The predicted molar refractivity (Wildman–Crippen MR) is 78.1 cm³/mol. The minimum Gasteiger partial charge on any atom is -0.343 e. The van der Waals surface area contributed by atoms with Crippen LogP contribution in [0.4, 0.5) is 0 Å². The maximum Gasteiger partial charge on any atom is 0.245 e. The second-order valence-electron chi connectivity index (χ2n) is 5.71. The molecule has 0 spiro atoms. The van der Waals surface area contributed by atoms with Gasteiger partial charge in [0.2, 0.25) is 11.8 Å². The van der Waals surface area contributed by atoms with Gasteiger partial charge < -0.3 is 10.2 Å². The van der Waals surface area contributed by atoms with E-state index in [0.717, 1.165) is 19.4 Å². The van der Waals surface area contributed by atoms with Crippen molar-refractivity contribution in [3.05, 3.63) is 0 Å². The number of rotatable bonds is 4. The number of hydrogen-bond acceptors (Lipinski definition) is 3. The molecule has 2 atom stereocenters. The van der Waals surface area contributed by atoms with Crippen LogP contribution in [0.2, 0.25) is 0 Å². The first kappa shape index (κ1) is 14.7. The van der Waals surface area contributed by atoms with Gasteiger partial charge in [-0.3, -0.25) is 9.59 Å². The van der Waals surface area contributed by atoms with Gasteiger partial charge in [-0.1, -0.05) is 19.8 Å². The van der Waals surface area contributed by atoms with Crippen molar-refractivity contribution in [3.63, 3.8) is 0 Å². The van der Waals surface area contributed by atoms with E-state index in [1.54, 1.807) is 0 Å². The SMILES string of the molecule is CCC1NC(=O)C(C)N(CC2(SC)CCCC2)C1=O. The van der Waals surface area contributed by atoms with Crippen molar-refractivity contribution in [2.45, 2.75) is 62.8 Å². The summed E-state index contributed by atoms with van der Waals surface area (Å²) in [5.74, 6) is 0.0793. The lowest BCUT2D eigenvalue weighted by atomic mass is 10.0. The van der Waals surface area contributed by atoms with Crippen LogP contribution in [0.1, 0.15) is 46.0 Å². The van der Waals surface area contributed by atoms with E-state index in [1.165, 1.54) is 12.8 Å². The lowest BCUT2D eigenvalue weighted by Crippen LogP contribution is -2.64. The van der Waals surface area contributed by atoms with E-state index in [2.05, 4.69) is 11.6 Å². The highest BCUT2D eigenvalue weighted by Gasteiger charge is 2.43. The smallest absolute Gasteiger partial charge is 0.245 e. The molecular weight excluding hydrogens is 260 g/mol. The number of nitrogens with one attached hydrogen (secondary N) is 1. The van der Waals surface area contributed by atoms with Crippen LogP contribution >= 0.6 is 11.8 Å². The molecule has 2 rings (SSSR count). The first-order valence-electron chi connectivity index (χ1n) is 7.19. The maximum atomic E-state index is 12.5. The van der Waals surface area contributed by atoms with Gasteiger partial charge in [0.15, 0.2) is 0 Å². The van der Waals surface area contributed by atoms with Gasteiger partial charge in [-0.15, -0.1) is 0 Å². The molecule has 0 aromatic carbocycles. The van der Waals surface area contributed by atoms with Crippen LogP contribution in [0.5, 0.6) is 0 Å². The Kier molecular flexibility index (Phi) is 4.43. The molecule has 1 N–H and O–H groups in total. The van der Waals surface area contributed by atoms with Crippen molar-refractivity contribution in [3.8, 4) is 0 Å². The summed E-state index contributed by atoms with van der Waals surface area (Å²) in [6.45, 7) is 4.50. The summed E-state index contributed by atoms with van der Waals surface area (Å²) in [5, 5.41) is 2.81. The van der Waals surface area contributed by atoms with Gasteiger partial charge in [0.25, 0.3) is 0 Å². The number of piperazine rings is 1. The fraction of sp³-hybridized carbons (Fsp3) is 0.857. The monoisotopic (exact) mass is 284 g/mol. The minimum atomic E-state index is -0.333. The van der Waals surface area contributed by atoms with E-state index in [4.69, 9.17) is 0 Å². The van der Waals surface area contributed by atoms with E-state index in [9.17, 15) is 9.59 Å². The number of amides is 2. The van der Waals surface area contributed by atoms with Crippen LogP contribution in [0, 0.1) is 0 Å². The van der Waals surface area contributed by atoms with Crippen molar-refractivity contribution < 1.29 is 9.59 Å². The van der Waals surface area contributed by atoms with E-state index >= 15 is 0 Å². The fourth-order valence-electron chi connectivity index (χ4n) is 3.13. The summed E-state index contributed by atoms with van der Waals surface area (Å²) >= 11 is 1.86. The highest BCUT2D eigenvalue weighted by Crippen LogP contribution is 2.41. The van der Waals surface area contributed by atoms with Crippen LogP contribution in [0.15, 0.2) is 0 Å². The largest absolute Gasteiger partial charge is 0.343 e. The maximum absolute atomic E-state index is 12.5. The molecule has 108 valence electrons. The Labute approximate surface area is 119 Å². The van der Waals surface area contributed by atoms with E-state index < -0.39 is 0 Å². The molecule has 0 bridgehead atoms. The summed E-state index contributed by atoms with van der Waals surface area (Å²) < 4.78 is 0.166. The van der Waals surface area contributed by atoms with Crippen molar-refractivity contribution in [2.24, 2.45) is 0 Å². The van der Waals surface area contributed by atoms with Crippen molar-refractivity contribution >= 4 is 23.6 Å². The molecular formula is C14H24N2O2S. The number of thioether (sulfide) groups is 1. The van der Waals surface area contributed by atoms with Crippen molar-refractivity contribution in [1.82, 2.24) is 10.2 Å². The normalized spacial score (nSPS) is 30.6. The van der Waals surface area contributed by atoms with Gasteiger partial charge in [0.05, 0.1) is 0 Å². The molecule has 5 heteroatoms. The molecule has 2 aliphatic rings. The Balaban J connectivity index is 2.15. The van der Waals surface area contributed by atoms with Gasteiger partial charge in [0, 0.05) is 11.3 Å². The quantitative estimate of drug-likeness (QED) is 0.856. The molecule has 0 aromatic rings. The molecule has 1 heterocycles. The lowest BCUT2D eigenvalue weighted by Gasteiger charge is -2.42. The Morgan fingerprint density at radius 3 is 2.53 bits per heavy atom. The summed E-state index contributed by atoms with van der Waals surface area (Å²) in [7, 11) is 0. The second kappa shape index (κ2) is 5.73. The second-order valence-corrected chi connectivity index (χ2v) is 6.98. The highest BCUT2D eigenvalue weighted by molar-refractivity contribution is 8.00. The van der Waals surface area contributed by atoms with Crippen molar-refractivity contribution in [2.75, 3.05) is 12.8 Å². The third kappa shape index (κ3) is 2.76. The zero-order valence-electron chi connectivity index (χ0n) is 12.1. The van der Waals surface area contributed by atoms with Crippen LogP contribution < -0.4 is 5.32 Å². The summed E-state index contributed by atoms with van der Waals surface area (Å²) in [4.78, 5) is 26.2. The van der Waals surface area contributed by atoms with Crippen LogP contribution in [0.3, 0.4) is 0 Å². The number of carbonyl (C=O) groups is 2. The Morgan fingerprint density at radius 1 is 1.37 bits per heavy atom. The van der Waals surface area contributed by atoms with E-state index in [-0.39, 0.29) is 28.6 Å². The molecule has 2 fully saturated rings. The topological polar surface area (TPSA) is 49.4 Å². The Hall–Kier alpha value is -0.710. The highest BCUT2D eigenvalue weighted by atomic mass is 32.2. The van der Waals surface area contributed by atoms with Gasteiger partial charge in [-0.25, -0.2) is 0 Å². The molecule has 2 unspecified atom stereocenters. The summed E-state index contributed by atoms with van der Waals surface area (Å²) in [6.07, 6.45) is 7.58. The van der Waals surface area contributed by atoms with Crippen LogP contribution in [0.25, 0.3) is 0 Å². The van der Waals surface area contributed by atoms with Gasteiger partial charge in [-0.05, 0) is 32.4 Å². The average molecular weight is 284 g/mol. The molecule has 1 saturated heterocycles. The molecule has 19 heavy (non-hydrogen) atoms. The molecule has 1 aliphatic heterocycles. The van der Waals surface area contributed by atoms with E-state index in [1.807, 2.05) is 30.5 Å². The molecule has 0 aromatic heterocycles. The van der Waals surface area contributed by atoms with Crippen molar-refractivity contribution in [1.29, 1.82) is 0 Å². The Morgan fingerprint density at radius 2 is 2.00 bits per heavy atom. The predicted octanol–water partition coefficient (Wildman–Crippen LogP) is 1.79. The van der Waals surface area contributed by atoms with Gasteiger partial charge in [-0.2, -0.15) is 11.8 Å². The molecule has 1 aliphatic carbocycles.